The van der Waals surface area contributed by atoms with Crippen LogP contribution < -0.4 is 0 Å². The van der Waals surface area contributed by atoms with Crippen molar-refractivity contribution in [2.75, 3.05) is 13.7 Å². The predicted octanol–water partition coefficient (Wildman–Crippen LogP) is 2.78. The van der Waals surface area contributed by atoms with E-state index in [9.17, 15) is 4.79 Å². The zero-order chi connectivity index (χ0) is 15.2. The molecule has 1 aromatic carbocycles. The lowest BCUT2D eigenvalue weighted by molar-refractivity contribution is -0.142. The normalized spacial score (nSPS) is 15.1. The van der Waals surface area contributed by atoms with Crippen molar-refractivity contribution in [1.82, 2.24) is 4.90 Å². The number of esters is 1. The quantitative estimate of drug-likeness (QED) is 0.781. The largest absolute Gasteiger partial charge is 0.468 e. The van der Waals surface area contributed by atoms with Crippen molar-refractivity contribution in [3.05, 3.63) is 34.9 Å². The number of hydrogen-bond acceptors (Lipinski definition) is 4. The number of methoxy groups -OCH3 is 1. The zero-order valence-corrected chi connectivity index (χ0v) is 12.8. The van der Waals surface area contributed by atoms with Crippen LogP contribution in [0, 0.1) is 18.3 Å². The van der Waals surface area contributed by atoms with Gasteiger partial charge in [-0.05, 0) is 43.0 Å². The van der Waals surface area contributed by atoms with E-state index in [0.29, 0.717) is 18.2 Å². The second-order valence-electron chi connectivity index (χ2n) is 5.67. The van der Waals surface area contributed by atoms with Crippen LogP contribution >= 0.6 is 0 Å². The maximum absolute atomic E-state index is 11.6. The summed E-state index contributed by atoms with van der Waals surface area (Å²) in [5.41, 5.74) is 2.95. The SMILES string of the molecule is COC(=O)CN(Cc1ccc(C#N)cc1C)C1CCCC1. The molecular weight excluding hydrogens is 264 g/mol. The average molecular weight is 286 g/mol. The summed E-state index contributed by atoms with van der Waals surface area (Å²) in [5.74, 6) is -0.187. The number of carbonyl (C=O) groups excluding carboxylic acids is 1. The van der Waals surface area contributed by atoms with Gasteiger partial charge in [-0.15, -0.1) is 0 Å². The third-order valence-electron chi connectivity index (χ3n) is 4.25. The first-order chi connectivity index (χ1) is 10.1. The lowest BCUT2D eigenvalue weighted by Gasteiger charge is -2.28. The van der Waals surface area contributed by atoms with E-state index < -0.39 is 0 Å². The van der Waals surface area contributed by atoms with Gasteiger partial charge in [-0.3, -0.25) is 9.69 Å². The molecule has 1 saturated carbocycles. The maximum Gasteiger partial charge on any atom is 0.319 e. The van der Waals surface area contributed by atoms with Gasteiger partial charge in [0.25, 0.3) is 0 Å². The molecule has 0 unspecified atom stereocenters. The van der Waals surface area contributed by atoms with Crippen LogP contribution in [0.5, 0.6) is 0 Å². The van der Waals surface area contributed by atoms with Crippen LogP contribution in [0.25, 0.3) is 0 Å². The Hall–Kier alpha value is -1.86. The molecule has 0 saturated heterocycles. The molecule has 21 heavy (non-hydrogen) atoms. The minimum absolute atomic E-state index is 0.187. The van der Waals surface area contributed by atoms with Gasteiger partial charge in [0.2, 0.25) is 0 Å². The van der Waals surface area contributed by atoms with Gasteiger partial charge in [0.15, 0.2) is 0 Å². The zero-order valence-electron chi connectivity index (χ0n) is 12.8. The van der Waals surface area contributed by atoms with Crippen LogP contribution in [0.15, 0.2) is 18.2 Å². The molecule has 0 radical (unpaired) electrons. The Labute approximate surface area is 126 Å². The Kier molecular flexibility index (Phi) is 5.35. The van der Waals surface area contributed by atoms with Crippen molar-refractivity contribution >= 4 is 5.97 Å². The van der Waals surface area contributed by atoms with Crippen LogP contribution in [0.3, 0.4) is 0 Å². The van der Waals surface area contributed by atoms with Gasteiger partial charge in [0.05, 0.1) is 25.3 Å². The smallest absolute Gasteiger partial charge is 0.319 e. The van der Waals surface area contributed by atoms with Crippen LogP contribution in [0.2, 0.25) is 0 Å². The summed E-state index contributed by atoms with van der Waals surface area (Å²) >= 11 is 0. The van der Waals surface area contributed by atoms with Gasteiger partial charge in [0, 0.05) is 12.6 Å². The number of carbonyl (C=O) groups is 1. The van der Waals surface area contributed by atoms with E-state index in [4.69, 9.17) is 10.00 Å². The number of nitrogens with zero attached hydrogens (tertiary/aromatic N) is 2. The number of rotatable bonds is 5. The third kappa shape index (κ3) is 4.05. The monoisotopic (exact) mass is 286 g/mol. The molecule has 1 aliphatic carbocycles. The van der Waals surface area contributed by atoms with Gasteiger partial charge in [-0.2, -0.15) is 5.26 Å². The fraction of sp³-hybridized carbons (Fsp3) is 0.529. The molecule has 0 bridgehead atoms. The van der Waals surface area contributed by atoms with Gasteiger partial charge in [-0.25, -0.2) is 0 Å². The molecule has 0 N–H and O–H groups in total. The Bertz CT molecular complexity index is 542. The highest BCUT2D eigenvalue weighted by Gasteiger charge is 2.25. The summed E-state index contributed by atoms with van der Waals surface area (Å²) in [4.78, 5) is 13.9. The highest BCUT2D eigenvalue weighted by Crippen LogP contribution is 2.25. The molecule has 0 atom stereocenters. The summed E-state index contributed by atoms with van der Waals surface area (Å²) in [6.07, 6.45) is 4.75. The van der Waals surface area contributed by atoms with E-state index in [1.54, 1.807) is 0 Å². The first-order valence-electron chi connectivity index (χ1n) is 7.44. The highest BCUT2D eigenvalue weighted by molar-refractivity contribution is 5.71. The minimum atomic E-state index is -0.187. The lowest BCUT2D eigenvalue weighted by atomic mass is 10.0. The second-order valence-corrected chi connectivity index (χ2v) is 5.67. The summed E-state index contributed by atoms with van der Waals surface area (Å²) in [6, 6.07) is 8.35. The number of nitriles is 1. The number of benzene rings is 1. The summed E-state index contributed by atoms with van der Waals surface area (Å²) in [7, 11) is 1.43. The average Bonchev–Trinajstić information content (AvgIpc) is 3.02. The van der Waals surface area contributed by atoms with E-state index in [0.717, 1.165) is 24.9 Å². The van der Waals surface area contributed by atoms with Gasteiger partial charge in [-0.1, -0.05) is 18.9 Å². The molecule has 4 heteroatoms. The van der Waals surface area contributed by atoms with Crippen LogP contribution in [0.1, 0.15) is 42.4 Å². The van der Waals surface area contributed by atoms with Crippen LogP contribution in [-0.4, -0.2) is 30.6 Å². The Morgan fingerprint density at radius 2 is 2.14 bits per heavy atom. The Morgan fingerprint density at radius 1 is 1.43 bits per heavy atom. The molecule has 1 fully saturated rings. The van der Waals surface area contributed by atoms with Crippen LogP contribution in [-0.2, 0) is 16.1 Å². The Balaban J connectivity index is 2.14. The molecule has 2 rings (SSSR count). The molecule has 0 heterocycles. The van der Waals surface area contributed by atoms with E-state index in [-0.39, 0.29) is 5.97 Å². The molecule has 0 spiro atoms. The molecule has 112 valence electrons. The highest BCUT2D eigenvalue weighted by atomic mass is 16.5. The lowest BCUT2D eigenvalue weighted by Crippen LogP contribution is -2.37. The fourth-order valence-electron chi connectivity index (χ4n) is 2.98. The van der Waals surface area contributed by atoms with E-state index in [1.165, 1.54) is 25.5 Å². The van der Waals surface area contributed by atoms with Crippen molar-refractivity contribution < 1.29 is 9.53 Å². The third-order valence-corrected chi connectivity index (χ3v) is 4.25. The van der Waals surface area contributed by atoms with Crippen molar-refractivity contribution in [3.8, 4) is 6.07 Å². The van der Waals surface area contributed by atoms with Crippen molar-refractivity contribution in [1.29, 1.82) is 5.26 Å². The fourth-order valence-corrected chi connectivity index (χ4v) is 2.98. The summed E-state index contributed by atoms with van der Waals surface area (Å²) in [5, 5.41) is 8.94. The summed E-state index contributed by atoms with van der Waals surface area (Å²) < 4.78 is 4.82. The standard InChI is InChI=1S/C17H22N2O2/c1-13-9-14(10-18)7-8-15(13)11-19(12-17(20)21-2)16-5-3-4-6-16/h7-9,16H,3-6,11-12H2,1-2H3. The molecule has 0 amide bonds. The molecule has 0 aliphatic heterocycles. The number of ether oxygens (including phenoxy) is 1. The van der Waals surface area contributed by atoms with Gasteiger partial charge >= 0.3 is 5.97 Å². The number of aryl methyl sites for hydroxylation is 1. The van der Waals surface area contributed by atoms with Gasteiger partial charge < -0.3 is 4.74 Å². The van der Waals surface area contributed by atoms with Crippen molar-refractivity contribution in [3.63, 3.8) is 0 Å². The Morgan fingerprint density at radius 3 is 2.71 bits per heavy atom. The van der Waals surface area contributed by atoms with Crippen molar-refractivity contribution in [2.24, 2.45) is 0 Å². The molecular formula is C17H22N2O2. The molecule has 4 nitrogen and oxygen atoms in total. The maximum atomic E-state index is 11.6. The van der Waals surface area contributed by atoms with E-state index in [1.807, 2.05) is 25.1 Å². The summed E-state index contributed by atoms with van der Waals surface area (Å²) in [6.45, 7) is 3.08. The molecule has 0 aromatic heterocycles. The van der Waals surface area contributed by atoms with Crippen molar-refractivity contribution in [2.45, 2.75) is 45.2 Å². The minimum Gasteiger partial charge on any atom is -0.468 e. The molecule has 1 aromatic rings. The second kappa shape index (κ2) is 7.24. The topological polar surface area (TPSA) is 53.3 Å². The molecule has 1 aliphatic rings. The number of hydrogen-bond donors (Lipinski definition) is 0. The van der Waals surface area contributed by atoms with Gasteiger partial charge in [0.1, 0.15) is 0 Å². The van der Waals surface area contributed by atoms with E-state index in [2.05, 4.69) is 11.0 Å². The van der Waals surface area contributed by atoms with E-state index >= 15 is 0 Å². The first kappa shape index (κ1) is 15.5. The van der Waals surface area contributed by atoms with Crippen LogP contribution in [0.4, 0.5) is 0 Å². The predicted molar refractivity (Wildman–Crippen MR) is 80.6 cm³/mol. The first-order valence-corrected chi connectivity index (χ1v) is 7.44.